The molecule has 4 aliphatic rings. The van der Waals surface area contributed by atoms with Crippen LogP contribution in [0.15, 0.2) is 41.5 Å². The molecule has 4 fully saturated rings. The number of carbonyl (C=O) groups excluding carboxylic acids is 1. The Hall–Kier alpha value is -2.63. The molecule has 4 saturated carbocycles. The SMILES string of the molecule is C[C@H](NC(=O)Cn1c(=O)c2cccn2c2cccnc21)C12CC3CC(CC(C3)C1)C2. The van der Waals surface area contributed by atoms with Crippen molar-refractivity contribution in [2.75, 3.05) is 0 Å². The van der Waals surface area contributed by atoms with E-state index in [-0.39, 0.29) is 29.5 Å². The van der Waals surface area contributed by atoms with Crippen molar-refractivity contribution in [1.82, 2.24) is 19.3 Å². The van der Waals surface area contributed by atoms with Gasteiger partial charge in [0.2, 0.25) is 5.91 Å². The number of carbonyl (C=O) groups is 1. The second kappa shape index (κ2) is 6.43. The van der Waals surface area contributed by atoms with Crippen molar-refractivity contribution in [1.29, 1.82) is 0 Å². The van der Waals surface area contributed by atoms with Gasteiger partial charge in [0.15, 0.2) is 5.65 Å². The minimum absolute atomic E-state index is 0.00469. The Morgan fingerprint density at radius 3 is 2.50 bits per heavy atom. The average Bonchev–Trinajstić information content (AvgIpc) is 3.20. The summed E-state index contributed by atoms with van der Waals surface area (Å²) in [7, 11) is 0. The van der Waals surface area contributed by atoms with Gasteiger partial charge in [0.25, 0.3) is 5.56 Å². The van der Waals surface area contributed by atoms with Gasteiger partial charge in [0.05, 0.1) is 5.52 Å². The zero-order valence-corrected chi connectivity index (χ0v) is 17.4. The lowest BCUT2D eigenvalue weighted by Gasteiger charge is -2.59. The van der Waals surface area contributed by atoms with Crippen molar-refractivity contribution < 1.29 is 4.79 Å². The van der Waals surface area contributed by atoms with E-state index in [1.807, 2.05) is 28.8 Å². The number of rotatable bonds is 4. The molecule has 6 nitrogen and oxygen atoms in total. The Morgan fingerprint density at radius 1 is 1.13 bits per heavy atom. The van der Waals surface area contributed by atoms with Crippen molar-refractivity contribution in [3.05, 3.63) is 47.0 Å². The van der Waals surface area contributed by atoms with Crippen LogP contribution in [0.25, 0.3) is 16.7 Å². The molecule has 0 radical (unpaired) electrons. The summed E-state index contributed by atoms with van der Waals surface area (Å²) in [5, 5.41) is 3.29. The van der Waals surface area contributed by atoms with E-state index in [4.69, 9.17) is 0 Å². The third kappa shape index (κ3) is 2.65. The second-order valence-electron chi connectivity index (χ2n) is 10.1. The lowest BCUT2D eigenvalue weighted by molar-refractivity contribution is -0.126. The van der Waals surface area contributed by atoms with Gasteiger partial charge >= 0.3 is 0 Å². The molecule has 3 aromatic heterocycles. The summed E-state index contributed by atoms with van der Waals surface area (Å²) in [6, 6.07) is 7.57. The molecule has 7 rings (SSSR count). The molecule has 0 spiro atoms. The fourth-order valence-electron chi connectivity index (χ4n) is 7.22. The maximum atomic E-state index is 13.1. The first kappa shape index (κ1) is 18.2. The predicted molar refractivity (Wildman–Crippen MR) is 115 cm³/mol. The summed E-state index contributed by atoms with van der Waals surface area (Å²) in [4.78, 5) is 30.6. The van der Waals surface area contributed by atoms with Gasteiger partial charge in [-0.05, 0) is 92.9 Å². The van der Waals surface area contributed by atoms with Crippen LogP contribution in [-0.2, 0) is 11.3 Å². The van der Waals surface area contributed by atoms with Crippen LogP contribution in [0.5, 0.6) is 0 Å². The summed E-state index contributed by atoms with van der Waals surface area (Å²) in [6.45, 7) is 2.19. The van der Waals surface area contributed by atoms with E-state index < -0.39 is 0 Å². The summed E-state index contributed by atoms with van der Waals surface area (Å²) >= 11 is 0. The fraction of sp³-hybridized carbons (Fsp3) is 0.542. The van der Waals surface area contributed by atoms with E-state index in [0.717, 1.165) is 23.3 Å². The molecule has 0 saturated heterocycles. The highest BCUT2D eigenvalue weighted by atomic mass is 16.2. The van der Waals surface area contributed by atoms with Crippen LogP contribution in [-0.4, -0.2) is 25.9 Å². The second-order valence-corrected chi connectivity index (χ2v) is 10.1. The fourth-order valence-corrected chi connectivity index (χ4v) is 7.22. The largest absolute Gasteiger partial charge is 0.352 e. The number of pyridine rings is 1. The van der Waals surface area contributed by atoms with E-state index in [1.165, 1.54) is 43.1 Å². The number of hydrogen-bond acceptors (Lipinski definition) is 3. The van der Waals surface area contributed by atoms with E-state index in [0.29, 0.717) is 11.2 Å². The van der Waals surface area contributed by atoms with Gasteiger partial charge in [0.1, 0.15) is 12.1 Å². The number of nitrogens with one attached hydrogen (secondary N) is 1. The van der Waals surface area contributed by atoms with E-state index in [9.17, 15) is 9.59 Å². The zero-order valence-electron chi connectivity index (χ0n) is 17.4. The van der Waals surface area contributed by atoms with Crippen molar-refractivity contribution >= 4 is 22.6 Å². The summed E-state index contributed by atoms with van der Waals surface area (Å²) in [5.74, 6) is 2.46. The molecule has 4 aliphatic carbocycles. The van der Waals surface area contributed by atoms with Gasteiger partial charge in [-0.2, -0.15) is 0 Å². The third-order valence-electron chi connectivity index (χ3n) is 8.18. The molecule has 0 unspecified atom stereocenters. The normalized spacial score (nSPS) is 30.8. The van der Waals surface area contributed by atoms with Crippen LogP contribution in [0.1, 0.15) is 45.4 Å². The van der Waals surface area contributed by atoms with Crippen molar-refractivity contribution in [2.45, 2.75) is 58.0 Å². The Morgan fingerprint density at radius 2 is 1.80 bits per heavy atom. The van der Waals surface area contributed by atoms with Crippen molar-refractivity contribution in [3.63, 3.8) is 0 Å². The quantitative estimate of drug-likeness (QED) is 0.725. The average molecular weight is 405 g/mol. The highest BCUT2D eigenvalue weighted by molar-refractivity contribution is 5.80. The van der Waals surface area contributed by atoms with Gasteiger partial charge in [-0.3, -0.25) is 14.2 Å². The van der Waals surface area contributed by atoms with Gasteiger partial charge in [0, 0.05) is 18.4 Å². The number of nitrogens with zero attached hydrogens (tertiary/aromatic N) is 3. The molecule has 156 valence electrons. The van der Waals surface area contributed by atoms with Crippen LogP contribution < -0.4 is 10.9 Å². The molecule has 4 bridgehead atoms. The van der Waals surface area contributed by atoms with Crippen LogP contribution in [0.3, 0.4) is 0 Å². The monoisotopic (exact) mass is 404 g/mol. The molecule has 1 atom stereocenters. The Kier molecular flexibility index (Phi) is 3.89. The Labute approximate surface area is 175 Å². The van der Waals surface area contributed by atoms with Crippen molar-refractivity contribution in [3.8, 4) is 0 Å². The number of aromatic nitrogens is 3. The Bertz CT molecular complexity index is 1170. The molecule has 6 heteroatoms. The summed E-state index contributed by atoms with van der Waals surface area (Å²) in [6.07, 6.45) is 11.5. The number of hydrogen-bond donors (Lipinski definition) is 1. The van der Waals surface area contributed by atoms with E-state index >= 15 is 0 Å². The highest BCUT2D eigenvalue weighted by Gasteiger charge is 2.53. The molecule has 1 N–H and O–H groups in total. The van der Waals surface area contributed by atoms with Gasteiger partial charge in [-0.25, -0.2) is 4.98 Å². The first-order chi connectivity index (χ1) is 14.5. The maximum Gasteiger partial charge on any atom is 0.276 e. The van der Waals surface area contributed by atoms with Crippen molar-refractivity contribution in [2.24, 2.45) is 23.2 Å². The van der Waals surface area contributed by atoms with Crippen LogP contribution in [0, 0.1) is 23.2 Å². The number of fused-ring (bicyclic) bond motifs is 3. The van der Waals surface area contributed by atoms with E-state index in [1.54, 1.807) is 12.3 Å². The van der Waals surface area contributed by atoms with Gasteiger partial charge in [-0.15, -0.1) is 0 Å². The van der Waals surface area contributed by atoms with Gasteiger partial charge in [-0.1, -0.05) is 0 Å². The summed E-state index contributed by atoms with van der Waals surface area (Å²) in [5.41, 5.74) is 2.02. The van der Waals surface area contributed by atoms with Crippen LogP contribution in [0.4, 0.5) is 0 Å². The minimum atomic E-state index is -0.177. The molecule has 0 aliphatic heterocycles. The van der Waals surface area contributed by atoms with Gasteiger partial charge < -0.3 is 9.72 Å². The smallest absolute Gasteiger partial charge is 0.276 e. The molecular formula is C24H28N4O2. The predicted octanol–water partition coefficient (Wildman–Crippen LogP) is 3.37. The molecule has 3 aromatic rings. The topological polar surface area (TPSA) is 68.4 Å². The molecular weight excluding hydrogens is 376 g/mol. The van der Waals surface area contributed by atoms with E-state index in [2.05, 4.69) is 17.2 Å². The third-order valence-corrected chi connectivity index (χ3v) is 8.18. The maximum absolute atomic E-state index is 13.1. The summed E-state index contributed by atoms with van der Waals surface area (Å²) < 4.78 is 3.36. The highest BCUT2D eigenvalue weighted by Crippen LogP contribution is 2.61. The number of amides is 1. The standard InChI is InChI=1S/C24H28N4O2/c1-15(24-11-16-8-17(12-24)10-18(9-16)13-24)26-21(29)14-28-22-19(4-2-6-25-22)27-7-3-5-20(27)23(28)30/h2-7,15-18H,8-14H2,1H3,(H,26,29)/t15-,16?,17?,18?,24?/m0/s1. The zero-order chi connectivity index (χ0) is 20.5. The Balaban J connectivity index is 1.29. The minimum Gasteiger partial charge on any atom is -0.352 e. The first-order valence-electron chi connectivity index (χ1n) is 11.3. The van der Waals surface area contributed by atoms with Crippen LogP contribution in [0.2, 0.25) is 0 Å². The molecule has 1 amide bonds. The lowest BCUT2D eigenvalue weighted by atomic mass is 9.48. The molecule has 0 aromatic carbocycles. The molecule has 3 heterocycles. The lowest BCUT2D eigenvalue weighted by Crippen LogP contribution is -2.56. The molecule has 30 heavy (non-hydrogen) atoms. The van der Waals surface area contributed by atoms with Crippen LogP contribution >= 0.6 is 0 Å². The first-order valence-corrected chi connectivity index (χ1v) is 11.3.